The lowest BCUT2D eigenvalue weighted by Gasteiger charge is -2.07. The van der Waals surface area contributed by atoms with Gasteiger partial charge >= 0.3 is 11.8 Å². The Morgan fingerprint density at radius 3 is 2.57 bits per heavy atom. The molecule has 0 saturated heterocycles. The summed E-state index contributed by atoms with van der Waals surface area (Å²) in [5, 5.41) is 5.45. The summed E-state index contributed by atoms with van der Waals surface area (Å²) in [4.78, 5) is 23.8. The van der Waals surface area contributed by atoms with Gasteiger partial charge in [0, 0.05) is 24.0 Å². The van der Waals surface area contributed by atoms with Gasteiger partial charge in [-0.25, -0.2) is 9.59 Å². The van der Waals surface area contributed by atoms with Gasteiger partial charge in [-0.1, -0.05) is 25.1 Å². The molecule has 0 spiro atoms. The summed E-state index contributed by atoms with van der Waals surface area (Å²) in [7, 11) is 0. The molecular formula is C17H17N3O3. The summed E-state index contributed by atoms with van der Waals surface area (Å²) in [6.07, 6.45) is 0.841. The first kappa shape index (κ1) is 14.9. The van der Waals surface area contributed by atoms with Gasteiger partial charge in [-0.2, -0.15) is 0 Å². The minimum Gasteiger partial charge on any atom is -0.408 e. The first-order valence-corrected chi connectivity index (χ1v) is 7.44. The Morgan fingerprint density at radius 1 is 1.09 bits per heavy atom. The van der Waals surface area contributed by atoms with Crippen LogP contribution in [0.1, 0.15) is 13.3 Å². The molecule has 1 aromatic heterocycles. The number of nitrogens with one attached hydrogen (secondary N) is 2. The standard InChI is InChI=1S/C17H17N3O3/c1-2-10-20-14-9-8-13(11-15(14)23-17(20)22)19-16(21)18-12-6-4-3-5-7-12/h3-9,11H,2,10H2,1H3,(H2,18,19,21). The number of hydrogen-bond donors (Lipinski definition) is 2. The predicted molar refractivity (Wildman–Crippen MR) is 89.8 cm³/mol. The molecule has 0 aliphatic heterocycles. The van der Waals surface area contributed by atoms with Crippen LogP contribution in [-0.4, -0.2) is 10.6 Å². The minimum absolute atomic E-state index is 0.356. The van der Waals surface area contributed by atoms with Crippen molar-refractivity contribution in [1.82, 2.24) is 4.57 Å². The number of nitrogens with zero attached hydrogens (tertiary/aromatic N) is 1. The van der Waals surface area contributed by atoms with E-state index in [4.69, 9.17) is 4.42 Å². The Balaban J connectivity index is 1.78. The highest BCUT2D eigenvalue weighted by Gasteiger charge is 2.10. The number of para-hydroxylation sites is 1. The van der Waals surface area contributed by atoms with Crippen molar-refractivity contribution >= 4 is 28.5 Å². The van der Waals surface area contributed by atoms with E-state index < -0.39 is 0 Å². The molecule has 2 amide bonds. The molecule has 0 unspecified atom stereocenters. The molecule has 2 N–H and O–H groups in total. The van der Waals surface area contributed by atoms with E-state index in [2.05, 4.69) is 10.6 Å². The highest BCUT2D eigenvalue weighted by molar-refractivity contribution is 6.00. The van der Waals surface area contributed by atoms with Gasteiger partial charge < -0.3 is 15.1 Å². The Bertz CT molecular complexity index is 881. The van der Waals surface area contributed by atoms with Crippen molar-refractivity contribution in [3.8, 4) is 0 Å². The fourth-order valence-electron chi connectivity index (χ4n) is 2.39. The van der Waals surface area contributed by atoms with E-state index >= 15 is 0 Å². The van der Waals surface area contributed by atoms with Gasteiger partial charge in [-0.05, 0) is 30.7 Å². The average molecular weight is 311 g/mol. The first-order valence-electron chi connectivity index (χ1n) is 7.44. The van der Waals surface area contributed by atoms with Gasteiger partial charge in [0.2, 0.25) is 0 Å². The third kappa shape index (κ3) is 3.26. The zero-order valence-electron chi connectivity index (χ0n) is 12.7. The molecular weight excluding hydrogens is 294 g/mol. The van der Waals surface area contributed by atoms with E-state index in [1.54, 1.807) is 34.9 Å². The molecule has 0 bridgehead atoms. The molecule has 0 aliphatic rings. The van der Waals surface area contributed by atoms with Crippen LogP contribution in [0, 0.1) is 0 Å². The van der Waals surface area contributed by atoms with Crippen molar-refractivity contribution in [2.75, 3.05) is 10.6 Å². The molecule has 0 aliphatic carbocycles. The molecule has 0 saturated carbocycles. The number of amides is 2. The fraction of sp³-hybridized carbons (Fsp3) is 0.176. The average Bonchev–Trinajstić information content (AvgIpc) is 2.84. The number of aryl methyl sites for hydroxylation is 1. The van der Waals surface area contributed by atoms with Crippen molar-refractivity contribution in [3.05, 3.63) is 59.1 Å². The van der Waals surface area contributed by atoms with Crippen LogP contribution in [0.15, 0.2) is 57.7 Å². The summed E-state index contributed by atoms with van der Waals surface area (Å²) < 4.78 is 6.81. The summed E-state index contributed by atoms with van der Waals surface area (Å²) in [5.74, 6) is -0.382. The van der Waals surface area contributed by atoms with Crippen LogP contribution in [0.4, 0.5) is 16.2 Å². The number of carbonyl (C=O) groups is 1. The molecule has 2 aromatic carbocycles. The number of rotatable bonds is 4. The van der Waals surface area contributed by atoms with Crippen LogP contribution in [0.3, 0.4) is 0 Å². The van der Waals surface area contributed by atoms with Crippen LogP contribution in [0.25, 0.3) is 11.1 Å². The van der Waals surface area contributed by atoms with E-state index in [-0.39, 0.29) is 11.8 Å². The Labute approximate surface area is 132 Å². The maximum atomic E-state index is 12.0. The number of urea groups is 1. The lowest BCUT2D eigenvalue weighted by molar-refractivity contribution is 0.262. The van der Waals surface area contributed by atoms with Gasteiger partial charge in [-0.3, -0.25) is 4.57 Å². The lowest BCUT2D eigenvalue weighted by Crippen LogP contribution is -2.19. The second-order valence-corrected chi connectivity index (χ2v) is 5.15. The van der Waals surface area contributed by atoms with Gasteiger partial charge in [0.05, 0.1) is 5.52 Å². The molecule has 3 rings (SSSR count). The van der Waals surface area contributed by atoms with E-state index in [9.17, 15) is 9.59 Å². The van der Waals surface area contributed by atoms with Crippen molar-refractivity contribution < 1.29 is 9.21 Å². The Hall–Kier alpha value is -3.02. The van der Waals surface area contributed by atoms with E-state index in [0.717, 1.165) is 11.9 Å². The first-order chi connectivity index (χ1) is 11.2. The third-order valence-electron chi connectivity index (χ3n) is 3.40. The number of fused-ring (bicyclic) bond motifs is 1. The zero-order chi connectivity index (χ0) is 16.2. The van der Waals surface area contributed by atoms with Crippen LogP contribution in [-0.2, 0) is 6.54 Å². The maximum absolute atomic E-state index is 12.0. The number of hydrogen-bond acceptors (Lipinski definition) is 3. The van der Waals surface area contributed by atoms with Gasteiger partial charge in [0.1, 0.15) is 0 Å². The molecule has 0 atom stereocenters. The second kappa shape index (κ2) is 6.39. The summed E-state index contributed by atoms with van der Waals surface area (Å²) in [5.41, 5.74) is 2.45. The van der Waals surface area contributed by atoms with Crippen molar-refractivity contribution in [2.24, 2.45) is 0 Å². The van der Waals surface area contributed by atoms with E-state index in [1.807, 2.05) is 25.1 Å². The van der Waals surface area contributed by atoms with Crippen LogP contribution in [0.5, 0.6) is 0 Å². The van der Waals surface area contributed by atoms with Crippen LogP contribution in [0.2, 0.25) is 0 Å². The van der Waals surface area contributed by atoms with Crippen molar-refractivity contribution in [2.45, 2.75) is 19.9 Å². The molecule has 0 radical (unpaired) electrons. The summed E-state index contributed by atoms with van der Waals surface area (Å²) in [6.45, 7) is 2.60. The lowest BCUT2D eigenvalue weighted by atomic mass is 10.3. The van der Waals surface area contributed by atoms with Crippen LogP contribution >= 0.6 is 0 Å². The van der Waals surface area contributed by atoms with E-state index in [0.29, 0.717) is 23.5 Å². The van der Waals surface area contributed by atoms with Crippen LogP contribution < -0.4 is 16.4 Å². The number of anilines is 2. The Kier molecular flexibility index (Phi) is 4.14. The highest BCUT2D eigenvalue weighted by atomic mass is 16.4. The molecule has 6 heteroatoms. The normalized spacial score (nSPS) is 10.7. The number of benzene rings is 2. The maximum Gasteiger partial charge on any atom is 0.419 e. The number of carbonyl (C=O) groups excluding carboxylic acids is 1. The smallest absolute Gasteiger partial charge is 0.408 e. The summed E-state index contributed by atoms with van der Waals surface area (Å²) in [6, 6.07) is 14.0. The predicted octanol–water partition coefficient (Wildman–Crippen LogP) is 3.65. The molecule has 118 valence electrons. The molecule has 6 nitrogen and oxygen atoms in total. The van der Waals surface area contributed by atoms with Crippen molar-refractivity contribution in [1.29, 1.82) is 0 Å². The van der Waals surface area contributed by atoms with Gasteiger partial charge in [-0.15, -0.1) is 0 Å². The molecule has 0 fully saturated rings. The quantitative estimate of drug-likeness (QED) is 0.772. The largest absolute Gasteiger partial charge is 0.419 e. The number of oxazole rings is 1. The molecule has 23 heavy (non-hydrogen) atoms. The highest BCUT2D eigenvalue weighted by Crippen LogP contribution is 2.19. The van der Waals surface area contributed by atoms with Gasteiger partial charge in [0.25, 0.3) is 0 Å². The fourth-order valence-corrected chi connectivity index (χ4v) is 2.39. The SMILES string of the molecule is CCCn1c(=O)oc2cc(NC(=O)Nc3ccccc3)ccc21. The van der Waals surface area contributed by atoms with Crippen molar-refractivity contribution in [3.63, 3.8) is 0 Å². The minimum atomic E-state index is -0.382. The summed E-state index contributed by atoms with van der Waals surface area (Å²) >= 11 is 0. The second-order valence-electron chi connectivity index (χ2n) is 5.15. The van der Waals surface area contributed by atoms with E-state index in [1.165, 1.54) is 0 Å². The zero-order valence-corrected chi connectivity index (χ0v) is 12.7. The topological polar surface area (TPSA) is 76.3 Å². The third-order valence-corrected chi connectivity index (χ3v) is 3.40. The molecule has 1 heterocycles. The van der Waals surface area contributed by atoms with Gasteiger partial charge in [0.15, 0.2) is 5.58 Å². The monoisotopic (exact) mass is 311 g/mol. The molecule has 3 aromatic rings. The number of aromatic nitrogens is 1. The Morgan fingerprint density at radius 2 is 1.83 bits per heavy atom.